The first-order valence-electron chi connectivity index (χ1n) is 3.71. The van der Waals surface area contributed by atoms with Crippen LogP contribution in [-0.2, 0) is 8.87 Å². The van der Waals surface area contributed by atoms with E-state index in [2.05, 4.69) is 0 Å². The second-order valence-electron chi connectivity index (χ2n) is 3.09. The van der Waals surface area contributed by atoms with Crippen molar-refractivity contribution in [3.8, 4) is 0 Å². The molecule has 2 fully saturated rings. The third-order valence-corrected chi connectivity index (χ3v) is 6.94. The van der Waals surface area contributed by atoms with E-state index in [-0.39, 0.29) is 5.25 Å². The van der Waals surface area contributed by atoms with Crippen LogP contribution in [0.4, 0.5) is 0 Å². The molecule has 11 heavy (non-hydrogen) atoms. The van der Waals surface area contributed by atoms with Gasteiger partial charge in [-0.2, -0.15) is 0 Å². The first-order valence-corrected chi connectivity index (χ1v) is 6.66. The average molecular weight is 194 g/mol. The summed E-state index contributed by atoms with van der Waals surface area (Å²) in [6, 6.07) is 0. The maximum atomic E-state index is 11.3. The average Bonchev–Trinajstić information content (AvgIpc) is 2.11. The van der Waals surface area contributed by atoms with Crippen molar-refractivity contribution in [2.75, 3.05) is 0 Å². The quantitative estimate of drug-likeness (QED) is 0.565. The summed E-state index contributed by atoms with van der Waals surface area (Å²) in [5.74, 6) is 0. The number of hydrogen-bond acceptors (Lipinski definition) is 4. The molecule has 0 aromatic heterocycles. The Hall–Kier alpha value is 0.260. The highest BCUT2D eigenvalue weighted by Gasteiger charge is 2.49. The molecular formula is C6H10O3S2. The maximum absolute atomic E-state index is 11.3. The van der Waals surface area contributed by atoms with E-state index in [1.54, 1.807) is 0 Å². The Morgan fingerprint density at radius 3 is 2.64 bits per heavy atom. The van der Waals surface area contributed by atoms with Gasteiger partial charge in [0.25, 0.3) is 0 Å². The fourth-order valence-electron chi connectivity index (χ4n) is 1.76. The molecule has 0 spiro atoms. The lowest BCUT2D eigenvalue weighted by molar-refractivity contribution is 0.145. The number of rotatable bonds is 0. The lowest BCUT2D eigenvalue weighted by Gasteiger charge is -2.21. The van der Waals surface area contributed by atoms with E-state index in [0.29, 0.717) is 6.42 Å². The van der Waals surface area contributed by atoms with Crippen molar-refractivity contribution < 1.29 is 13.5 Å². The summed E-state index contributed by atoms with van der Waals surface area (Å²) in [7, 11) is -2.04. The minimum absolute atomic E-state index is 0.0428. The molecular weight excluding hydrogens is 184 g/mol. The van der Waals surface area contributed by atoms with Crippen molar-refractivity contribution in [2.24, 2.45) is 0 Å². The van der Waals surface area contributed by atoms with Gasteiger partial charge in [-0.25, -0.2) is 8.42 Å². The van der Waals surface area contributed by atoms with Crippen molar-refractivity contribution in [2.45, 2.75) is 35.9 Å². The SMILES string of the molecule is O=S1(=O)S[C@H]2CCC[C@@H]1[C@H]2O. The molecule has 1 saturated carbocycles. The number of fused-ring (bicyclic) bond motifs is 2. The Morgan fingerprint density at radius 1 is 1.36 bits per heavy atom. The normalized spacial score (nSPS) is 47.5. The summed E-state index contributed by atoms with van der Waals surface area (Å²) in [5, 5.41) is 8.94. The van der Waals surface area contributed by atoms with Crippen molar-refractivity contribution in [1.29, 1.82) is 0 Å². The van der Waals surface area contributed by atoms with Gasteiger partial charge in [0.15, 0.2) is 0 Å². The maximum Gasteiger partial charge on any atom is 0.207 e. The molecule has 1 aliphatic heterocycles. The minimum Gasteiger partial charge on any atom is -0.391 e. The smallest absolute Gasteiger partial charge is 0.207 e. The zero-order valence-corrected chi connectivity index (χ0v) is 7.57. The Bertz CT molecular complexity index is 259. The molecule has 5 heteroatoms. The van der Waals surface area contributed by atoms with Crippen LogP contribution in [0.5, 0.6) is 0 Å². The molecule has 1 N–H and O–H groups in total. The molecule has 0 unspecified atom stereocenters. The van der Waals surface area contributed by atoms with Gasteiger partial charge in [-0.15, -0.1) is 0 Å². The third-order valence-electron chi connectivity index (χ3n) is 2.37. The van der Waals surface area contributed by atoms with Gasteiger partial charge in [0.2, 0.25) is 8.87 Å². The monoisotopic (exact) mass is 194 g/mol. The van der Waals surface area contributed by atoms with E-state index in [1.807, 2.05) is 0 Å². The molecule has 0 aromatic rings. The zero-order chi connectivity index (χ0) is 8.06. The summed E-state index contributed by atoms with van der Waals surface area (Å²) >= 11 is 0. The lowest BCUT2D eigenvalue weighted by atomic mass is 9.97. The van der Waals surface area contributed by atoms with Crippen LogP contribution in [-0.4, -0.2) is 30.1 Å². The number of hydrogen-bond donors (Lipinski definition) is 1. The lowest BCUT2D eigenvalue weighted by Crippen LogP contribution is -2.34. The van der Waals surface area contributed by atoms with Gasteiger partial charge in [0, 0.05) is 5.25 Å². The van der Waals surface area contributed by atoms with E-state index in [9.17, 15) is 13.5 Å². The van der Waals surface area contributed by atoms with Crippen LogP contribution < -0.4 is 0 Å². The summed E-state index contributed by atoms with van der Waals surface area (Å²) in [5.41, 5.74) is 0. The Morgan fingerprint density at radius 2 is 2.09 bits per heavy atom. The predicted molar refractivity (Wildman–Crippen MR) is 43.9 cm³/mol. The molecule has 1 heterocycles. The second kappa shape index (κ2) is 2.37. The van der Waals surface area contributed by atoms with Crippen LogP contribution in [0.3, 0.4) is 0 Å². The molecule has 0 radical (unpaired) electrons. The van der Waals surface area contributed by atoms with E-state index < -0.39 is 20.2 Å². The molecule has 2 aliphatic rings. The van der Waals surface area contributed by atoms with Crippen molar-refractivity contribution in [3.05, 3.63) is 0 Å². The molecule has 2 rings (SSSR count). The van der Waals surface area contributed by atoms with Gasteiger partial charge in [-0.05, 0) is 23.6 Å². The highest BCUT2D eigenvalue weighted by molar-refractivity contribution is 8.73. The Labute approximate surface area is 69.5 Å². The molecule has 64 valence electrons. The van der Waals surface area contributed by atoms with Crippen LogP contribution in [0.25, 0.3) is 0 Å². The topological polar surface area (TPSA) is 54.4 Å². The largest absolute Gasteiger partial charge is 0.391 e. The predicted octanol–water partition coefficient (Wildman–Crippen LogP) is 0.345. The van der Waals surface area contributed by atoms with Gasteiger partial charge < -0.3 is 5.11 Å². The Kier molecular flexibility index (Phi) is 1.70. The summed E-state index contributed by atoms with van der Waals surface area (Å²) < 4.78 is 22.5. The van der Waals surface area contributed by atoms with E-state index in [4.69, 9.17) is 0 Å². The third kappa shape index (κ3) is 1.10. The van der Waals surface area contributed by atoms with Crippen molar-refractivity contribution in [1.82, 2.24) is 0 Å². The fraction of sp³-hybridized carbons (Fsp3) is 1.00. The summed E-state index contributed by atoms with van der Waals surface area (Å²) in [6.07, 6.45) is 1.84. The zero-order valence-electron chi connectivity index (χ0n) is 5.93. The molecule has 2 bridgehead atoms. The molecule has 3 nitrogen and oxygen atoms in total. The molecule has 1 aliphatic carbocycles. The van der Waals surface area contributed by atoms with Gasteiger partial charge in [0.1, 0.15) is 0 Å². The summed E-state index contributed by atoms with van der Waals surface area (Å²) in [6.45, 7) is 0. The molecule has 0 amide bonds. The minimum atomic E-state index is -3.01. The van der Waals surface area contributed by atoms with Crippen LogP contribution in [0.1, 0.15) is 19.3 Å². The molecule has 1 saturated heterocycles. The van der Waals surface area contributed by atoms with E-state index in [0.717, 1.165) is 23.6 Å². The fourth-order valence-corrected chi connectivity index (χ4v) is 6.63. The standard InChI is InChI=1S/C6H10O3S2/c7-6-4-2-1-3-5(6)11(8,9)10-4/h4-7H,1-3H2/t4-,5+,6-/m0/s1. The number of aliphatic hydroxyl groups excluding tert-OH is 1. The van der Waals surface area contributed by atoms with Crippen LogP contribution in [0.2, 0.25) is 0 Å². The van der Waals surface area contributed by atoms with Crippen molar-refractivity contribution in [3.63, 3.8) is 0 Å². The van der Waals surface area contributed by atoms with Gasteiger partial charge in [-0.1, -0.05) is 6.42 Å². The first kappa shape index (κ1) is 7.89. The molecule has 3 atom stereocenters. The highest BCUT2D eigenvalue weighted by atomic mass is 33.1. The Balaban J connectivity index is 2.37. The number of aliphatic hydroxyl groups is 1. The van der Waals surface area contributed by atoms with Gasteiger partial charge >= 0.3 is 0 Å². The van der Waals surface area contributed by atoms with Gasteiger partial charge in [0.05, 0.1) is 11.4 Å². The molecule has 0 aromatic carbocycles. The van der Waals surface area contributed by atoms with Crippen LogP contribution in [0.15, 0.2) is 0 Å². The van der Waals surface area contributed by atoms with E-state index >= 15 is 0 Å². The summed E-state index contributed by atoms with van der Waals surface area (Å²) in [4.78, 5) is 0. The van der Waals surface area contributed by atoms with Crippen LogP contribution >= 0.6 is 10.8 Å². The first-order chi connectivity index (χ1) is 5.11. The highest BCUT2D eigenvalue weighted by Crippen LogP contribution is 2.45. The van der Waals surface area contributed by atoms with Crippen molar-refractivity contribution >= 4 is 19.7 Å². The van der Waals surface area contributed by atoms with E-state index in [1.165, 1.54) is 0 Å². The van der Waals surface area contributed by atoms with Gasteiger partial charge in [-0.3, -0.25) is 0 Å². The second-order valence-corrected chi connectivity index (χ2v) is 7.45. The van der Waals surface area contributed by atoms with Crippen LogP contribution in [0, 0.1) is 0 Å².